The van der Waals surface area contributed by atoms with Crippen LogP contribution in [0.25, 0.3) is 0 Å². The molecule has 1 aromatic carbocycles. The van der Waals surface area contributed by atoms with Crippen LogP contribution in [0.15, 0.2) is 16.5 Å². The van der Waals surface area contributed by atoms with Gasteiger partial charge in [-0.05, 0) is 25.0 Å². The van der Waals surface area contributed by atoms with Gasteiger partial charge in [0.15, 0.2) is 0 Å². The van der Waals surface area contributed by atoms with Gasteiger partial charge in [0.2, 0.25) is 11.8 Å². The highest BCUT2D eigenvalue weighted by Gasteiger charge is 2.25. The largest absolute Gasteiger partial charge is 0.423 e. The van der Waals surface area contributed by atoms with Crippen molar-refractivity contribution in [1.82, 2.24) is 10.2 Å². The molecule has 3 rings (SSSR count). The van der Waals surface area contributed by atoms with E-state index in [2.05, 4.69) is 15.5 Å². The van der Waals surface area contributed by atoms with Crippen molar-refractivity contribution in [3.63, 3.8) is 0 Å². The first-order valence-corrected chi connectivity index (χ1v) is 7.10. The van der Waals surface area contributed by atoms with Crippen molar-refractivity contribution >= 4 is 28.9 Å². The van der Waals surface area contributed by atoms with Gasteiger partial charge in [-0.3, -0.25) is 0 Å². The molecule has 2 aromatic rings. The molecule has 0 aliphatic heterocycles. The van der Waals surface area contributed by atoms with Crippen molar-refractivity contribution in [3.05, 3.63) is 39.8 Å². The fourth-order valence-electron chi connectivity index (χ4n) is 2.03. The summed E-state index contributed by atoms with van der Waals surface area (Å²) in [5, 5.41) is 11.4. The number of hydrogen-bond acceptors (Lipinski definition) is 4. The first-order valence-electron chi connectivity index (χ1n) is 6.34. The van der Waals surface area contributed by atoms with Gasteiger partial charge in [0.05, 0.1) is 22.3 Å². The van der Waals surface area contributed by atoms with Crippen molar-refractivity contribution in [1.29, 1.82) is 0 Å². The molecule has 1 aliphatic rings. The van der Waals surface area contributed by atoms with Gasteiger partial charge >= 0.3 is 0 Å². The minimum atomic E-state index is -0.476. The second kappa shape index (κ2) is 5.58. The van der Waals surface area contributed by atoms with Crippen LogP contribution < -0.4 is 5.32 Å². The van der Waals surface area contributed by atoms with E-state index in [1.165, 1.54) is 18.6 Å². The zero-order valence-corrected chi connectivity index (χ0v) is 12.0. The number of nitrogens with zero attached hydrogens (tertiary/aromatic N) is 2. The van der Waals surface area contributed by atoms with Crippen LogP contribution in [0.5, 0.6) is 0 Å². The number of benzene rings is 1. The Morgan fingerprint density at radius 2 is 1.95 bits per heavy atom. The molecule has 0 spiro atoms. The average molecular weight is 316 g/mol. The molecule has 4 nitrogen and oxygen atoms in total. The van der Waals surface area contributed by atoms with Gasteiger partial charge in [-0.15, -0.1) is 10.2 Å². The summed E-state index contributed by atoms with van der Waals surface area (Å²) < 4.78 is 18.6. The topological polar surface area (TPSA) is 51.0 Å². The molecule has 1 fully saturated rings. The summed E-state index contributed by atoms with van der Waals surface area (Å²) in [6.45, 7) is 0.296. The highest BCUT2D eigenvalue weighted by Crippen LogP contribution is 2.35. The van der Waals surface area contributed by atoms with Crippen molar-refractivity contribution in [2.24, 2.45) is 0 Å². The van der Waals surface area contributed by atoms with Crippen LogP contribution in [-0.2, 0) is 6.54 Å². The second-order valence-electron chi connectivity index (χ2n) is 4.76. The lowest BCUT2D eigenvalue weighted by Gasteiger charge is -2.20. The molecule has 0 radical (unpaired) electrons. The van der Waals surface area contributed by atoms with Crippen LogP contribution in [0.4, 0.5) is 10.1 Å². The van der Waals surface area contributed by atoms with Crippen LogP contribution >= 0.6 is 23.2 Å². The fraction of sp³-hybridized carbons (Fsp3) is 0.385. The number of halogens is 3. The molecule has 0 amide bonds. The maximum atomic E-state index is 13.1. The predicted octanol–water partition coefficient (Wildman–Crippen LogP) is 4.40. The summed E-state index contributed by atoms with van der Waals surface area (Å²) in [6, 6.07) is 2.40. The number of hydrogen-bond donors (Lipinski definition) is 1. The van der Waals surface area contributed by atoms with Gasteiger partial charge in [-0.25, -0.2) is 4.39 Å². The molecule has 0 atom stereocenters. The molecule has 1 aliphatic carbocycles. The fourth-order valence-corrected chi connectivity index (χ4v) is 2.63. The first kappa shape index (κ1) is 13.6. The van der Waals surface area contributed by atoms with Crippen LogP contribution in [-0.4, -0.2) is 10.2 Å². The van der Waals surface area contributed by atoms with Crippen LogP contribution in [0.2, 0.25) is 10.0 Å². The van der Waals surface area contributed by atoms with Gasteiger partial charge in [-0.1, -0.05) is 29.6 Å². The first-order chi connectivity index (χ1) is 9.63. The molecule has 1 heterocycles. The average Bonchev–Trinajstić information content (AvgIpc) is 2.73. The summed E-state index contributed by atoms with van der Waals surface area (Å²) in [6.07, 6.45) is 3.41. The molecule has 0 unspecified atom stereocenters. The van der Waals surface area contributed by atoms with Crippen LogP contribution in [0.3, 0.4) is 0 Å². The molecule has 20 heavy (non-hydrogen) atoms. The lowest BCUT2D eigenvalue weighted by Crippen LogP contribution is -2.08. The van der Waals surface area contributed by atoms with Gasteiger partial charge in [-0.2, -0.15) is 0 Å². The van der Waals surface area contributed by atoms with E-state index in [1.807, 2.05) is 0 Å². The van der Waals surface area contributed by atoms with E-state index in [1.54, 1.807) is 0 Å². The van der Waals surface area contributed by atoms with E-state index in [0.29, 0.717) is 29.9 Å². The van der Waals surface area contributed by atoms with Crippen molar-refractivity contribution < 1.29 is 8.81 Å². The Labute approximate surface area is 125 Å². The van der Waals surface area contributed by atoms with Crippen molar-refractivity contribution in [3.8, 4) is 0 Å². The SMILES string of the molecule is Fc1cc(Cl)c(NCc2nnc(C3CCC3)o2)c(Cl)c1. The summed E-state index contributed by atoms with van der Waals surface area (Å²) in [5.41, 5.74) is 0.457. The third-order valence-electron chi connectivity index (χ3n) is 3.36. The zero-order valence-electron chi connectivity index (χ0n) is 10.5. The smallest absolute Gasteiger partial charge is 0.235 e. The van der Waals surface area contributed by atoms with E-state index < -0.39 is 5.82 Å². The Morgan fingerprint density at radius 1 is 1.25 bits per heavy atom. The van der Waals surface area contributed by atoms with Gasteiger partial charge in [0, 0.05) is 5.92 Å². The number of nitrogens with one attached hydrogen (secondary N) is 1. The highest BCUT2D eigenvalue weighted by molar-refractivity contribution is 6.39. The minimum Gasteiger partial charge on any atom is -0.423 e. The summed E-state index contributed by atoms with van der Waals surface area (Å²) in [5.74, 6) is 1.07. The van der Waals surface area contributed by atoms with Gasteiger partial charge in [0.1, 0.15) is 5.82 Å². The lowest BCUT2D eigenvalue weighted by molar-refractivity contribution is 0.326. The molecule has 0 bridgehead atoms. The molecule has 1 aromatic heterocycles. The highest BCUT2D eigenvalue weighted by atomic mass is 35.5. The Balaban J connectivity index is 1.68. The third kappa shape index (κ3) is 2.74. The van der Waals surface area contributed by atoms with Gasteiger partial charge < -0.3 is 9.73 Å². The molecule has 7 heteroatoms. The predicted molar refractivity (Wildman–Crippen MR) is 74.6 cm³/mol. The monoisotopic (exact) mass is 315 g/mol. The van der Waals surface area contributed by atoms with Crippen LogP contribution in [0.1, 0.15) is 37.0 Å². The number of rotatable bonds is 4. The molecule has 0 saturated heterocycles. The standard InChI is InChI=1S/C13H12Cl2FN3O/c14-9-4-8(16)5-10(15)12(9)17-6-11-18-19-13(20-11)7-2-1-3-7/h4-5,7,17H,1-3,6H2. The quantitative estimate of drug-likeness (QED) is 0.908. The Morgan fingerprint density at radius 3 is 2.55 bits per heavy atom. The maximum Gasteiger partial charge on any atom is 0.235 e. The second-order valence-corrected chi connectivity index (χ2v) is 5.57. The van der Waals surface area contributed by atoms with Crippen molar-refractivity contribution in [2.45, 2.75) is 31.7 Å². The molecule has 1 N–H and O–H groups in total. The zero-order chi connectivity index (χ0) is 14.1. The number of anilines is 1. The summed E-state index contributed by atoms with van der Waals surface area (Å²) in [4.78, 5) is 0. The molecule has 1 saturated carbocycles. The van der Waals surface area contributed by atoms with E-state index in [9.17, 15) is 4.39 Å². The molecular formula is C13H12Cl2FN3O. The molecular weight excluding hydrogens is 304 g/mol. The van der Waals surface area contributed by atoms with E-state index in [4.69, 9.17) is 27.6 Å². The normalized spacial score (nSPS) is 15.2. The van der Waals surface area contributed by atoms with E-state index in [0.717, 1.165) is 12.8 Å². The summed E-state index contributed by atoms with van der Waals surface area (Å²) >= 11 is 11.9. The Bertz CT molecular complexity index is 605. The lowest BCUT2D eigenvalue weighted by atomic mass is 9.85. The van der Waals surface area contributed by atoms with E-state index in [-0.39, 0.29) is 10.0 Å². The van der Waals surface area contributed by atoms with Gasteiger partial charge in [0.25, 0.3) is 0 Å². The Hall–Kier alpha value is -1.33. The van der Waals surface area contributed by atoms with Crippen molar-refractivity contribution in [2.75, 3.05) is 5.32 Å². The maximum absolute atomic E-state index is 13.1. The summed E-state index contributed by atoms with van der Waals surface area (Å²) in [7, 11) is 0. The number of aromatic nitrogens is 2. The Kier molecular flexibility index (Phi) is 3.81. The van der Waals surface area contributed by atoms with Crippen LogP contribution in [0, 0.1) is 5.82 Å². The minimum absolute atomic E-state index is 0.216. The molecule has 106 valence electrons. The van der Waals surface area contributed by atoms with E-state index >= 15 is 0 Å². The third-order valence-corrected chi connectivity index (χ3v) is 3.96.